The van der Waals surface area contributed by atoms with Gasteiger partial charge in [0, 0.05) is 12.1 Å². The lowest BCUT2D eigenvalue weighted by atomic mass is 9.86. The first-order valence-corrected chi connectivity index (χ1v) is 7.20. The Morgan fingerprint density at radius 2 is 2.14 bits per heavy atom. The second kappa shape index (κ2) is 6.36. The summed E-state index contributed by atoms with van der Waals surface area (Å²) >= 11 is 5.91. The molecule has 0 aliphatic rings. The molecule has 2 aromatic heterocycles. The number of rotatable bonds is 4. The first-order valence-electron chi connectivity index (χ1n) is 6.82. The van der Waals surface area contributed by atoms with Gasteiger partial charge in [-0.1, -0.05) is 25.4 Å². The van der Waals surface area contributed by atoms with Gasteiger partial charge in [0.25, 0.3) is 5.56 Å². The van der Waals surface area contributed by atoms with E-state index in [0.29, 0.717) is 5.02 Å². The number of pyridine rings is 1. The summed E-state index contributed by atoms with van der Waals surface area (Å²) in [6, 6.07) is 3.12. The minimum Gasteiger partial charge on any atom is -0.493 e. The summed E-state index contributed by atoms with van der Waals surface area (Å²) in [5, 5.41) is 10.5. The van der Waals surface area contributed by atoms with E-state index in [1.165, 1.54) is 23.8 Å². The summed E-state index contributed by atoms with van der Waals surface area (Å²) in [4.78, 5) is 28.3. The quantitative estimate of drug-likeness (QED) is 0.873. The third-order valence-corrected chi connectivity index (χ3v) is 3.81. The molecule has 0 fully saturated rings. The Balaban J connectivity index is 2.66. The Bertz CT molecular complexity index is 770. The van der Waals surface area contributed by atoms with Crippen LogP contribution >= 0.6 is 11.6 Å². The van der Waals surface area contributed by atoms with E-state index in [1.807, 2.05) is 13.8 Å². The summed E-state index contributed by atoms with van der Waals surface area (Å²) in [6.07, 6.45) is 1.43. The number of fused-ring (bicyclic) bond motifs is 1. The second-order valence-corrected chi connectivity index (χ2v) is 5.80. The molecule has 1 N–H and O–H groups in total. The molecule has 0 unspecified atom stereocenters. The van der Waals surface area contributed by atoms with Crippen molar-refractivity contribution in [1.82, 2.24) is 9.38 Å². The topological polar surface area (TPSA) is 80.9 Å². The van der Waals surface area contributed by atoms with Crippen LogP contribution in [-0.2, 0) is 9.53 Å². The molecule has 2 rings (SSSR count). The molecule has 1 atom stereocenters. The van der Waals surface area contributed by atoms with Gasteiger partial charge in [-0.25, -0.2) is 0 Å². The number of hydrogen-bond acceptors (Lipinski definition) is 5. The normalized spacial score (nSPS) is 12.6. The molecule has 0 spiro atoms. The molecule has 2 aromatic rings. The van der Waals surface area contributed by atoms with Crippen molar-refractivity contribution in [2.24, 2.45) is 5.92 Å². The van der Waals surface area contributed by atoms with Crippen molar-refractivity contribution < 1.29 is 14.6 Å². The van der Waals surface area contributed by atoms with Crippen LogP contribution < -0.4 is 5.56 Å². The zero-order chi connectivity index (χ0) is 16.4. The summed E-state index contributed by atoms with van der Waals surface area (Å²) in [7, 11) is 1.28. The number of methoxy groups -OCH3 is 1. The van der Waals surface area contributed by atoms with Gasteiger partial charge in [0.2, 0.25) is 5.88 Å². The molecule has 0 saturated carbocycles. The number of aromatic nitrogens is 2. The lowest BCUT2D eigenvalue weighted by Crippen LogP contribution is -2.26. The van der Waals surface area contributed by atoms with Crippen molar-refractivity contribution in [2.45, 2.75) is 26.2 Å². The zero-order valence-corrected chi connectivity index (χ0v) is 13.3. The maximum atomic E-state index is 12.7. The number of esters is 1. The first kappa shape index (κ1) is 16.3. The van der Waals surface area contributed by atoms with Gasteiger partial charge in [-0.05, 0) is 18.1 Å². The van der Waals surface area contributed by atoms with E-state index in [-0.39, 0.29) is 29.4 Å². The average Bonchev–Trinajstić information content (AvgIpc) is 2.46. The lowest BCUT2D eigenvalue weighted by Gasteiger charge is -2.20. The van der Waals surface area contributed by atoms with E-state index >= 15 is 0 Å². The fourth-order valence-corrected chi connectivity index (χ4v) is 2.53. The Morgan fingerprint density at radius 3 is 2.73 bits per heavy atom. The SMILES string of the molecule is COC(=O)C[C@H](c1c(O)nc2ccc(Cl)cn2c1=O)C(C)C. The fourth-order valence-electron chi connectivity index (χ4n) is 2.37. The Hall–Kier alpha value is -2.08. The van der Waals surface area contributed by atoms with Gasteiger partial charge in [0.1, 0.15) is 5.65 Å². The molecule has 0 aliphatic heterocycles. The van der Waals surface area contributed by atoms with Gasteiger partial charge in [-0.2, -0.15) is 4.98 Å². The Morgan fingerprint density at radius 1 is 1.45 bits per heavy atom. The highest BCUT2D eigenvalue weighted by Gasteiger charge is 2.27. The summed E-state index contributed by atoms with van der Waals surface area (Å²) < 4.78 is 5.94. The number of nitrogens with zero attached hydrogens (tertiary/aromatic N) is 2. The highest BCUT2D eigenvalue weighted by molar-refractivity contribution is 6.30. The number of carbonyl (C=O) groups excluding carboxylic acids is 1. The van der Waals surface area contributed by atoms with Crippen molar-refractivity contribution in [3.8, 4) is 5.88 Å². The van der Waals surface area contributed by atoms with Gasteiger partial charge in [0.15, 0.2) is 0 Å². The molecule has 118 valence electrons. The van der Waals surface area contributed by atoms with Crippen LogP contribution in [-0.4, -0.2) is 27.6 Å². The second-order valence-electron chi connectivity index (χ2n) is 5.36. The van der Waals surface area contributed by atoms with Crippen LogP contribution in [0.5, 0.6) is 5.88 Å². The molecule has 0 aliphatic carbocycles. The highest BCUT2D eigenvalue weighted by atomic mass is 35.5. The third-order valence-electron chi connectivity index (χ3n) is 3.59. The van der Waals surface area contributed by atoms with Crippen LogP contribution in [0.3, 0.4) is 0 Å². The van der Waals surface area contributed by atoms with Gasteiger partial charge in [-0.15, -0.1) is 0 Å². The molecule has 0 saturated heterocycles. The van der Waals surface area contributed by atoms with E-state index in [1.54, 1.807) is 6.07 Å². The summed E-state index contributed by atoms with van der Waals surface area (Å²) in [6.45, 7) is 3.72. The fraction of sp³-hybridized carbons (Fsp3) is 0.400. The minimum absolute atomic E-state index is 0.00865. The van der Waals surface area contributed by atoms with Gasteiger partial charge < -0.3 is 9.84 Å². The smallest absolute Gasteiger partial charge is 0.306 e. The number of carbonyl (C=O) groups is 1. The molecule has 0 amide bonds. The maximum absolute atomic E-state index is 12.7. The molecule has 6 nitrogen and oxygen atoms in total. The molecule has 22 heavy (non-hydrogen) atoms. The molecule has 7 heteroatoms. The monoisotopic (exact) mass is 324 g/mol. The van der Waals surface area contributed by atoms with E-state index in [9.17, 15) is 14.7 Å². The van der Waals surface area contributed by atoms with Crippen molar-refractivity contribution in [3.05, 3.63) is 39.3 Å². The first-order chi connectivity index (χ1) is 10.3. The van der Waals surface area contributed by atoms with Crippen LogP contribution in [0.15, 0.2) is 23.1 Å². The summed E-state index contributed by atoms with van der Waals surface area (Å²) in [5.74, 6) is -1.37. The van der Waals surface area contributed by atoms with Gasteiger partial charge in [-0.3, -0.25) is 14.0 Å². The van der Waals surface area contributed by atoms with Gasteiger partial charge in [0.05, 0.1) is 24.1 Å². The molecular weight excluding hydrogens is 308 g/mol. The number of ether oxygens (including phenoxy) is 1. The maximum Gasteiger partial charge on any atom is 0.306 e. The molecule has 0 aromatic carbocycles. The predicted molar refractivity (Wildman–Crippen MR) is 82.3 cm³/mol. The van der Waals surface area contributed by atoms with Crippen LogP contribution in [0, 0.1) is 5.92 Å². The van der Waals surface area contributed by atoms with E-state index in [4.69, 9.17) is 11.6 Å². The summed E-state index contributed by atoms with van der Waals surface area (Å²) in [5.41, 5.74) is -0.0519. The van der Waals surface area contributed by atoms with E-state index in [2.05, 4.69) is 9.72 Å². The predicted octanol–water partition coefficient (Wildman–Crippen LogP) is 2.36. The van der Waals surface area contributed by atoms with E-state index < -0.39 is 17.4 Å². The van der Waals surface area contributed by atoms with Crippen molar-refractivity contribution in [3.63, 3.8) is 0 Å². The average molecular weight is 325 g/mol. The Labute approximate surface area is 132 Å². The minimum atomic E-state index is -0.497. The van der Waals surface area contributed by atoms with Crippen LogP contribution in [0.2, 0.25) is 5.02 Å². The zero-order valence-electron chi connectivity index (χ0n) is 12.5. The Kier molecular flexibility index (Phi) is 4.71. The number of halogens is 1. The number of aromatic hydroxyl groups is 1. The number of hydrogen-bond donors (Lipinski definition) is 1. The molecular formula is C15H17ClN2O4. The van der Waals surface area contributed by atoms with E-state index in [0.717, 1.165) is 0 Å². The largest absolute Gasteiger partial charge is 0.493 e. The molecule has 0 bridgehead atoms. The molecule has 0 radical (unpaired) electrons. The van der Waals surface area contributed by atoms with Crippen molar-refractivity contribution in [2.75, 3.05) is 7.11 Å². The highest BCUT2D eigenvalue weighted by Crippen LogP contribution is 2.31. The lowest BCUT2D eigenvalue weighted by molar-refractivity contribution is -0.141. The molecule has 2 heterocycles. The van der Waals surface area contributed by atoms with Crippen LogP contribution in [0.25, 0.3) is 5.65 Å². The third kappa shape index (κ3) is 3.06. The van der Waals surface area contributed by atoms with Crippen molar-refractivity contribution in [1.29, 1.82) is 0 Å². The van der Waals surface area contributed by atoms with Gasteiger partial charge >= 0.3 is 5.97 Å². The standard InChI is InChI=1S/C15H17ClN2O4/c1-8(2)10(6-12(19)22-3)13-14(20)17-11-5-4-9(16)7-18(11)15(13)21/h4-5,7-8,10,20H,6H2,1-3H3/t10-/m0/s1. The van der Waals surface area contributed by atoms with Crippen LogP contribution in [0.1, 0.15) is 31.7 Å². The van der Waals surface area contributed by atoms with Crippen LogP contribution in [0.4, 0.5) is 0 Å². The van der Waals surface area contributed by atoms with Crippen molar-refractivity contribution >= 4 is 23.2 Å².